The lowest BCUT2D eigenvalue weighted by molar-refractivity contribution is 0.332. The summed E-state index contributed by atoms with van der Waals surface area (Å²) in [5, 5.41) is 3.38. The Labute approximate surface area is 398 Å². The van der Waals surface area contributed by atoms with Crippen LogP contribution in [0.1, 0.15) is 153 Å². The van der Waals surface area contributed by atoms with Crippen molar-refractivity contribution in [2.45, 2.75) is 159 Å². The van der Waals surface area contributed by atoms with E-state index in [1.54, 1.807) is 0 Å². The summed E-state index contributed by atoms with van der Waals surface area (Å²) >= 11 is 0. The molecule has 5 heteroatoms. The molecular weight excluding hydrogens is 803 g/mol. The summed E-state index contributed by atoms with van der Waals surface area (Å²) in [6.45, 7) is 42.0. The van der Waals surface area contributed by atoms with Crippen molar-refractivity contribution < 1.29 is 8.83 Å². The van der Waals surface area contributed by atoms with Gasteiger partial charge in [-0.25, -0.2) is 0 Å². The van der Waals surface area contributed by atoms with Crippen molar-refractivity contribution in [2.75, 3.05) is 9.80 Å². The molecule has 345 valence electrons. The van der Waals surface area contributed by atoms with E-state index in [9.17, 15) is 0 Å². The first-order chi connectivity index (χ1) is 30.9. The number of anilines is 4. The van der Waals surface area contributed by atoms with Gasteiger partial charge in [0.05, 0.1) is 28.5 Å². The quantitative estimate of drug-likeness (QED) is 0.101. The maximum Gasteiger partial charge on any atom is 0.246 e. The molecule has 3 heterocycles. The smallest absolute Gasteiger partial charge is 0.246 e. The van der Waals surface area contributed by atoms with Crippen molar-refractivity contribution in [2.24, 2.45) is 17.3 Å². The van der Waals surface area contributed by atoms with Crippen LogP contribution in [0.15, 0.2) is 129 Å². The zero-order chi connectivity index (χ0) is 47.8. The molecule has 4 aromatic carbocycles. The number of hydrogen-bond acceptors (Lipinski definition) is 4. The minimum atomic E-state index is -0.0871. The molecule has 66 heavy (non-hydrogen) atoms. The van der Waals surface area contributed by atoms with Crippen molar-refractivity contribution in [3.8, 4) is 0 Å². The average Bonchev–Trinajstić information content (AvgIpc) is 3.81. The van der Waals surface area contributed by atoms with Gasteiger partial charge in [-0.3, -0.25) is 0 Å². The molecule has 1 atom stereocenters. The SMILES string of the molecule is C=CC(C/C(=C/C(C)C)C(C)(C)CC)N1c2cccc(c2)N(c2cccc3oc4ccc(C(C)(C)C)cc4c23)/C(C)=C(/C=C(\C)C(C)C)[B]c2oc3cc4c(cc3c21)C(C)(C)CCC4(C)C. The van der Waals surface area contributed by atoms with E-state index in [2.05, 4.69) is 225 Å². The van der Waals surface area contributed by atoms with Gasteiger partial charge in [-0.2, -0.15) is 0 Å². The summed E-state index contributed by atoms with van der Waals surface area (Å²) in [7, 11) is 2.34. The molecule has 0 saturated carbocycles. The molecule has 4 nitrogen and oxygen atoms in total. The van der Waals surface area contributed by atoms with E-state index < -0.39 is 0 Å². The minimum Gasteiger partial charge on any atom is -0.469 e. The van der Waals surface area contributed by atoms with E-state index >= 15 is 0 Å². The summed E-state index contributed by atoms with van der Waals surface area (Å²) < 4.78 is 14.1. The standard InChI is InChI=1S/C61H76BN2O2/c1-18-43(32-42(30-37(3)4)59(12,13)19-2)64-45-23-20-22-44(34-45)63(51-24-21-25-53-55(51)46-33-41(58(9,10)11)26-27-52(46)65-53)40(8)50(31-39(7)38(5)6)62-57-56(64)47-35-48-49(36-54(47)66-57)61(16,17)29-28-60(48,14)15/h18,20-27,30-31,33-38,43H,1,19,28-29,32H2,2-17H3/b39-31+,42-30-,50-40-. The number of nitrogens with zero attached hydrogens (tertiary/aromatic N) is 2. The molecule has 6 aromatic rings. The molecule has 0 fully saturated rings. The Morgan fingerprint density at radius 3 is 2.11 bits per heavy atom. The largest absolute Gasteiger partial charge is 0.469 e. The summed E-state index contributed by atoms with van der Waals surface area (Å²) in [6.07, 6.45) is 11.2. The Kier molecular flexibility index (Phi) is 12.3. The third-order valence-corrected chi connectivity index (χ3v) is 15.5. The second-order valence-electron chi connectivity index (χ2n) is 23.3. The van der Waals surface area contributed by atoms with Crippen LogP contribution >= 0.6 is 0 Å². The molecule has 1 unspecified atom stereocenters. The third kappa shape index (κ3) is 8.54. The summed E-state index contributed by atoms with van der Waals surface area (Å²) in [6, 6.07) is 27.2. The molecule has 1 aliphatic carbocycles. The van der Waals surface area contributed by atoms with Crippen LogP contribution < -0.4 is 15.5 Å². The maximum absolute atomic E-state index is 7.38. The van der Waals surface area contributed by atoms with E-state index in [0.29, 0.717) is 11.8 Å². The van der Waals surface area contributed by atoms with Gasteiger partial charge >= 0.3 is 0 Å². The molecule has 1 radical (unpaired) electrons. The molecule has 0 saturated heterocycles. The van der Waals surface area contributed by atoms with Gasteiger partial charge in [0.1, 0.15) is 16.7 Å². The molecule has 2 bridgehead atoms. The number of allylic oxidation sites excluding steroid dienone is 5. The van der Waals surface area contributed by atoms with Crippen LogP contribution in [-0.4, -0.2) is 13.3 Å². The van der Waals surface area contributed by atoms with Gasteiger partial charge in [0, 0.05) is 27.8 Å². The Morgan fingerprint density at radius 1 is 0.803 bits per heavy atom. The van der Waals surface area contributed by atoms with Gasteiger partial charge in [-0.15, -0.1) is 6.58 Å². The van der Waals surface area contributed by atoms with Crippen molar-refractivity contribution in [3.05, 3.63) is 137 Å². The lowest BCUT2D eigenvalue weighted by Gasteiger charge is -2.42. The van der Waals surface area contributed by atoms with E-state index in [0.717, 1.165) is 98.2 Å². The fourth-order valence-electron chi connectivity index (χ4n) is 10.4. The van der Waals surface area contributed by atoms with E-state index in [1.165, 1.54) is 27.8 Å². The maximum atomic E-state index is 7.38. The molecule has 1 aliphatic heterocycles. The molecule has 0 N–H and O–H groups in total. The number of fused-ring (bicyclic) bond motifs is 9. The van der Waals surface area contributed by atoms with Crippen LogP contribution in [0.3, 0.4) is 0 Å². The molecule has 2 aromatic heterocycles. The number of rotatable bonds is 10. The fraction of sp³-hybridized carbons (Fsp3) is 0.443. The van der Waals surface area contributed by atoms with Crippen LogP contribution in [0.2, 0.25) is 0 Å². The minimum absolute atomic E-state index is 0.00841. The van der Waals surface area contributed by atoms with Gasteiger partial charge in [-0.05, 0) is 144 Å². The Morgan fingerprint density at radius 2 is 1.47 bits per heavy atom. The van der Waals surface area contributed by atoms with Gasteiger partial charge in [0.2, 0.25) is 7.28 Å². The monoisotopic (exact) mass is 880 g/mol. The lowest BCUT2D eigenvalue weighted by Crippen LogP contribution is -2.36. The van der Waals surface area contributed by atoms with Crippen LogP contribution in [-0.2, 0) is 16.2 Å². The van der Waals surface area contributed by atoms with Crippen molar-refractivity contribution >= 4 is 68.6 Å². The first-order valence-electron chi connectivity index (χ1n) is 24.8. The van der Waals surface area contributed by atoms with Gasteiger partial charge in [-0.1, -0.05) is 150 Å². The van der Waals surface area contributed by atoms with Crippen LogP contribution in [0.5, 0.6) is 0 Å². The van der Waals surface area contributed by atoms with Gasteiger partial charge < -0.3 is 18.6 Å². The lowest BCUT2D eigenvalue weighted by atomic mass is 9.62. The van der Waals surface area contributed by atoms with E-state index in [-0.39, 0.29) is 27.7 Å². The first kappa shape index (κ1) is 47.3. The summed E-state index contributed by atoms with van der Waals surface area (Å²) in [5.41, 5.74) is 17.0. The Bertz CT molecular complexity index is 2930. The zero-order valence-electron chi connectivity index (χ0n) is 43.2. The van der Waals surface area contributed by atoms with Crippen LogP contribution in [0.25, 0.3) is 32.9 Å². The molecule has 0 spiro atoms. The summed E-state index contributed by atoms with van der Waals surface area (Å²) in [5.74, 6) is 0.764. The van der Waals surface area contributed by atoms with Crippen molar-refractivity contribution in [1.29, 1.82) is 0 Å². The van der Waals surface area contributed by atoms with Gasteiger partial charge in [0.25, 0.3) is 0 Å². The normalized spacial score (nSPS) is 18.6. The second-order valence-corrected chi connectivity index (χ2v) is 23.3. The predicted octanol–water partition coefficient (Wildman–Crippen LogP) is 17.4. The van der Waals surface area contributed by atoms with Crippen LogP contribution in [0, 0.1) is 17.3 Å². The highest BCUT2D eigenvalue weighted by molar-refractivity contribution is 6.63. The molecule has 2 aliphatic rings. The molecule has 0 amide bonds. The highest BCUT2D eigenvalue weighted by Crippen LogP contribution is 2.50. The zero-order valence-corrected chi connectivity index (χ0v) is 43.2. The first-order valence-corrected chi connectivity index (χ1v) is 24.8. The van der Waals surface area contributed by atoms with Crippen molar-refractivity contribution in [1.82, 2.24) is 0 Å². The topological polar surface area (TPSA) is 32.8 Å². The Balaban J connectivity index is 1.49. The molecule has 8 rings (SSSR count). The number of benzene rings is 4. The number of furan rings is 2. The fourth-order valence-corrected chi connectivity index (χ4v) is 10.4. The van der Waals surface area contributed by atoms with Crippen molar-refractivity contribution in [3.63, 3.8) is 0 Å². The second kappa shape index (κ2) is 17.2. The predicted molar refractivity (Wildman–Crippen MR) is 287 cm³/mol. The Hall–Kier alpha value is -5.16. The third-order valence-electron chi connectivity index (χ3n) is 15.5. The highest BCUT2D eigenvalue weighted by atomic mass is 16.3. The van der Waals surface area contributed by atoms with E-state index in [1.807, 2.05) is 0 Å². The summed E-state index contributed by atoms with van der Waals surface area (Å²) in [4.78, 5) is 5.03. The highest BCUT2D eigenvalue weighted by Gasteiger charge is 2.40. The number of hydrogen-bond donors (Lipinski definition) is 0. The van der Waals surface area contributed by atoms with Crippen LogP contribution in [0.4, 0.5) is 22.7 Å². The van der Waals surface area contributed by atoms with E-state index in [4.69, 9.17) is 8.83 Å². The van der Waals surface area contributed by atoms with Gasteiger partial charge in [0.15, 0.2) is 0 Å². The molecular formula is C61H76BN2O2. The average molecular weight is 880 g/mol.